The first-order chi connectivity index (χ1) is 22.7. The Kier molecular flexibility index (Phi) is 12.3. The van der Waals surface area contributed by atoms with Gasteiger partial charge in [0.05, 0.1) is 17.4 Å². The van der Waals surface area contributed by atoms with Crippen molar-refractivity contribution in [3.05, 3.63) is 54.4 Å². The molecule has 0 bridgehead atoms. The number of esters is 5. The van der Waals surface area contributed by atoms with Crippen LogP contribution in [0.2, 0.25) is 0 Å². The molecule has 0 amide bonds. The van der Waals surface area contributed by atoms with Crippen molar-refractivity contribution < 1.29 is 57.6 Å². The van der Waals surface area contributed by atoms with Crippen LogP contribution in [0.25, 0.3) is 0 Å². The predicted octanol–water partition coefficient (Wildman–Crippen LogP) is 3.71. The van der Waals surface area contributed by atoms with Crippen molar-refractivity contribution in [1.29, 1.82) is 0 Å². The summed E-state index contributed by atoms with van der Waals surface area (Å²) < 4.78 is 29.3. The summed E-state index contributed by atoms with van der Waals surface area (Å²) in [7, 11) is 0. The molecule has 0 aliphatic heterocycles. The number of nitrogens with zero attached hydrogens (tertiary/aromatic N) is 1. The molecule has 1 aromatic rings. The minimum atomic E-state index is -2.23. The predicted molar refractivity (Wildman–Crippen MR) is 173 cm³/mol. The van der Waals surface area contributed by atoms with Crippen LogP contribution in [-0.2, 0) is 47.7 Å². The van der Waals surface area contributed by atoms with Crippen molar-refractivity contribution in [2.75, 3.05) is 0 Å². The lowest BCUT2D eigenvalue weighted by Gasteiger charge is -2.44. The van der Waals surface area contributed by atoms with E-state index in [1.807, 2.05) is 0 Å². The summed E-state index contributed by atoms with van der Waals surface area (Å²) in [6, 6.07) is 3.00. The van der Waals surface area contributed by atoms with Crippen molar-refractivity contribution in [3.8, 4) is 0 Å². The van der Waals surface area contributed by atoms with Gasteiger partial charge in [-0.25, -0.2) is 4.79 Å². The number of aliphatic hydroxyl groups is 1. The normalized spacial score (nSPS) is 31.4. The molecule has 0 spiro atoms. The van der Waals surface area contributed by atoms with E-state index < -0.39 is 101 Å². The van der Waals surface area contributed by atoms with Gasteiger partial charge in [0, 0.05) is 50.1 Å². The van der Waals surface area contributed by atoms with Gasteiger partial charge in [-0.3, -0.25) is 29.0 Å². The number of hydrogen-bond acceptors (Lipinski definition) is 13. The average Bonchev–Trinajstić information content (AvgIpc) is 3.26. The number of aromatic nitrogens is 1. The summed E-state index contributed by atoms with van der Waals surface area (Å²) in [5.41, 5.74) is -3.63. The molecule has 1 saturated carbocycles. The van der Waals surface area contributed by atoms with E-state index in [1.54, 1.807) is 47.6 Å². The zero-order valence-electron chi connectivity index (χ0n) is 29.5. The number of hydrogen-bond donors (Lipinski definition) is 1. The molecule has 49 heavy (non-hydrogen) atoms. The Bertz CT molecular complexity index is 1480. The van der Waals surface area contributed by atoms with Crippen LogP contribution in [0.4, 0.5) is 0 Å². The van der Waals surface area contributed by atoms with E-state index in [1.165, 1.54) is 30.6 Å². The van der Waals surface area contributed by atoms with Gasteiger partial charge in [-0.2, -0.15) is 0 Å². The second kappa shape index (κ2) is 15.4. The summed E-state index contributed by atoms with van der Waals surface area (Å²) in [6.45, 7) is 17.2. The van der Waals surface area contributed by atoms with Crippen LogP contribution in [0, 0.1) is 29.1 Å². The van der Waals surface area contributed by atoms with Gasteiger partial charge >= 0.3 is 29.8 Å². The van der Waals surface area contributed by atoms with Gasteiger partial charge in [-0.15, -0.1) is 0 Å². The van der Waals surface area contributed by atoms with Crippen LogP contribution >= 0.6 is 0 Å². The maximum atomic E-state index is 14.2. The summed E-state index contributed by atoms with van der Waals surface area (Å²) in [6.07, 6.45) is -1.86. The van der Waals surface area contributed by atoms with Gasteiger partial charge in [0.25, 0.3) is 0 Å². The number of pyridine rings is 1. The highest BCUT2D eigenvalue weighted by molar-refractivity contribution is 5.91. The van der Waals surface area contributed by atoms with E-state index in [-0.39, 0.29) is 17.6 Å². The third-order valence-electron chi connectivity index (χ3n) is 8.88. The monoisotopic (exact) mass is 685 g/mol. The molecule has 13 nitrogen and oxygen atoms in total. The van der Waals surface area contributed by atoms with E-state index >= 15 is 0 Å². The number of Topliss-reactive ketones (excluding diaryl/α,β-unsaturated/α-hetero) is 1. The SMILES string of the molecule is C=C1[C@H](OC(=O)C(C)C)[C@@H](OC(C)=O)[C@@H](OC(=O)c2cccnc2)C(C)(C)C=C[C@@H](C)C(=O)[C@@]2(O)C[C@H](C)[C@H](OC(C)=O)[C@@H]2[C@H]1OC(C)=O. The van der Waals surface area contributed by atoms with Crippen LogP contribution in [0.15, 0.2) is 48.8 Å². The Morgan fingerprint density at radius 1 is 0.918 bits per heavy atom. The van der Waals surface area contributed by atoms with Crippen LogP contribution in [0.1, 0.15) is 79.1 Å². The smallest absolute Gasteiger partial charge is 0.340 e. The number of carbonyl (C=O) groups excluding carboxylic acids is 6. The van der Waals surface area contributed by atoms with Crippen LogP contribution in [0.5, 0.6) is 0 Å². The standard InChI is InChI=1S/C36H47NO12/c1-18(2)33(42)48-29-21(5)28(46-23(7)39)26-27(45-22(6)38)20(4)16-36(26,44)31(41)19(3)13-14-35(9,10)32(30(29)47-24(8)40)49-34(43)25-12-11-15-37-17-25/h11-15,17-20,26-30,32,44H,5,16H2,1-4,6-10H3/t19-,20+,26-,27+,28+,29+,30-,32-,36-/m1/s1. The molecule has 0 aromatic carbocycles. The molecular weight excluding hydrogens is 638 g/mol. The first-order valence-corrected chi connectivity index (χ1v) is 16.2. The minimum Gasteiger partial charge on any atom is -0.462 e. The molecule has 1 N–H and O–H groups in total. The molecule has 1 fully saturated rings. The maximum absolute atomic E-state index is 14.2. The Balaban J connectivity index is 2.42. The Morgan fingerprint density at radius 2 is 1.51 bits per heavy atom. The number of allylic oxidation sites excluding steroid dienone is 1. The van der Waals surface area contributed by atoms with E-state index in [0.717, 1.165) is 20.8 Å². The van der Waals surface area contributed by atoms with Crippen LogP contribution < -0.4 is 0 Å². The largest absolute Gasteiger partial charge is 0.462 e. The lowest BCUT2D eigenvalue weighted by Crippen LogP contribution is -2.58. The molecule has 0 saturated heterocycles. The van der Waals surface area contributed by atoms with Crippen molar-refractivity contribution in [2.24, 2.45) is 29.1 Å². The lowest BCUT2D eigenvalue weighted by atomic mass is 9.72. The van der Waals surface area contributed by atoms with Gasteiger partial charge in [0.15, 0.2) is 24.1 Å². The van der Waals surface area contributed by atoms with Gasteiger partial charge in [-0.1, -0.05) is 60.3 Å². The number of ketones is 1. The number of ether oxygens (including phenoxy) is 5. The summed E-state index contributed by atoms with van der Waals surface area (Å²) >= 11 is 0. The molecule has 1 aromatic heterocycles. The van der Waals surface area contributed by atoms with E-state index in [0.29, 0.717) is 0 Å². The highest BCUT2D eigenvalue weighted by atomic mass is 16.6. The van der Waals surface area contributed by atoms with Gasteiger partial charge in [-0.05, 0) is 24.5 Å². The Labute approximate surface area is 286 Å². The van der Waals surface area contributed by atoms with E-state index in [9.17, 15) is 33.9 Å². The third-order valence-corrected chi connectivity index (χ3v) is 8.88. The van der Waals surface area contributed by atoms with Crippen molar-refractivity contribution in [3.63, 3.8) is 0 Å². The summed E-state index contributed by atoms with van der Waals surface area (Å²) in [5.74, 6) is -8.43. The van der Waals surface area contributed by atoms with Crippen LogP contribution in [-0.4, -0.2) is 81.8 Å². The fourth-order valence-corrected chi connectivity index (χ4v) is 6.52. The van der Waals surface area contributed by atoms with Crippen LogP contribution in [0.3, 0.4) is 0 Å². The Morgan fingerprint density at radius 3 is 2.04 bits per heavy atom. The molecule has 2 aliphatic rings. The lowest BCUT2D eigenvalue weighted by molar-refractivity contribution is -0.185. The molecule has 1 heterocycles. The summed E-state index contributed by atoms with van der Waals surface area (Å²) in [4.78, 5) is 83.0. The molecular formula is C36H47NO12. The van der Waals surface area contributed by atoms with Crippen molar-refractivity contribution in [2.45, 2.75) is 105 Å². The quantitative estimate of drug-likeness (QED) is 0.249. The molecule has 2 aliphatic carbocycles. The second-order valence-electron chi connectivity index (χ2n) is 13.8. The molecule has 268 valence electrons. The number of fused-ring (bicyclic) bond motifs is 1. The average molecular weight is 686 g/mol. The van der Waals surface area contributed by atoms with Gasteiger partial charge < -0.3 is 28.8 Å². The first-order valence-electron chi connectivity index (χ1n) is 16.2. The summed E-state index contributed by atoms with van der Waals surface area (Å²) in [5, 5.41) is 12.3. The number of carbonyl (C=O) groups is 6. The molecule has 13 heteroatoms. The van der Waals surface area contributed by atoms with Gasteiger partial charge in [0.1, 0.15) is 17.8 Å². The van der Waals surface area contributed by atoms with E-state index in [4.69, 9.17) is 23.7 Å². The minimum absolute atomic E-state index is 0.0695. The van der Waals surface area contributed by atoms with Crippen molar-refractivity contribution in [1.82, 2.24) is 4.98 Å². The van der Waals surface area contributed by atoms with Gasteiger partial charge in [0.2, 0.25) is 0 Å². The molecule has 3 rings (SSSR count). The van der Waals surface area contributed by atoms with Crippen molar-refractivity contribution >= 4 is 35.6 Å². The first kappa shape index (κ1) is 39.1. The number of rotatable bonds is 7. The zero-order valence-corrected chi connectivity index (χ0v) is 29.5. The highest BCUT2D eigenvalue weighted by Gasteiger charge is 2.63. The molecule has 0 unspecified atom stereocenters. The second-order valence-corrected chi connectivity index (χ2v) is 13.8. The fraction of sp³-hybridized carbons (Fsp3) is 0.583. The van der Waals surface area contributed by atoms with E-state index in [2.05, 4.69) is 11.6 Å². The highest BCUT2D eigenvalue weighted by Crippen LogP contribution is 2.49. The fourth-order valence-electron chi connectivity index (χ4n) is 6.52. The molecule has 0 radical (unpaired) electrons. The maximum Gasteiger partial charge on any atom is 0.340 e. The topological polar surface area (TPSA) is 182 Å². The molecule has 9 atom stereocenters. The zero-order chi connectivity index (χ0) is 37.0. The third kappa shape index (κ3) is 8.80. The Hall–Kier alpha value is -4.39.